The topological polar surface area (TPSA) is 68.3 Å². The number of aromatic nitrogens is 1. The number of benzene rings is 2. The minimum absolute atomic E-state index is 0.143. The van der Waals surface area contributed by atoms with Crippen LogP contribution in [0.4, 0.5) is 5.82 Å². The van der Waals surface area contributed by atoms with Gasteiger partial charge in [-0.05, 0) is 48.0 Å². The number of rotatable bonds is 7. The molecule has 1 heterocycles. The molecular formula is C21H15Cl3N2O3S. The van der Waals surface area contributed by atoms with Crippen LogP contribution in [0.5, 0.6) is 0 Å². The number of amides is 1. The van der Waals surface area contributed by atoms with Gasteiger partial charge in [0.1, 0.15) is 0 Å². The molecular weight excluding hydrogens is 467 g/mol. The number of esters is 1. The Morgan fingerprint density at radius 1 is 0.967 bits per heavy atom. The van der Waals surface area contributed by atoms with Crippen LogP contribution in [0, 0.1) is 0 Å². The molecule has 0 bridgehead atoms. The van der Waals surface area contributed by atoms with Crippen molar-refractivity contribution >= 4 is 64.3 Å². The third-order valence-corrected chi connectivity index (χ3v) is 5.64. The predicted octanol–water partition coefficient (Wildman–Crippen LogP) is 6.13. The van der Waals surface area contributed by atoms with Crippen molar-refractivity contribution in [2.75, 3.05) is 11.9 Å². The summed E-state index contributed by atoms with van der Waals surface area (Å²) in [6, 6.07) is 16.1. The number of hydrogen-bond acceptors (Lipinski definition) is 5. The number of halogens is 3. The molecule has 0 saturated heterocycles. The van der Waals surface area contributed by atoms with E-state index in [-0.39, 0.29) is 10.8 Å². The second-order valence-corrected chi connectivity index (χ2v) is 8.38. The van der Waals surface area contributed by atoms with E-state index in [4.69, 9.17) is 39.5 Å². The summed E-state index contributed by atoms with van der Waals surface area (Å²) in [7, 11) is 0. The third kappa shape index (κ3) is 6.64. The van der Waals surface area contributed by atoms with E-state index in [1.165, 1.54) is 12.3 Å². The van der Waals surface area contributed by atoms with Crippen molar-refractivity contribution in [3.05, 3.63) is 87.0 Å². The van der Waals surface area contributed by atoms with Crippen molar-refractivity contribution in [3.63, 3.8) is 0 Å². The molecule has 5 nitrogen and oxygen atoms in total. The number of hydrogen-bond donors (Lipinski definition) is 1. The largest absolute Gasteiger partial charge is 0.452 e. The number of carbonyl (C=O) groups excluding carboxylic acids is 2. The van der Waals surface area contributed by atoms with Gasteiger partial charge in [-0.3, -0.25) is 4.79 Å². The Morgan fingerprint density at radius 2 is 1.67 bits per heavy atom. The van der Waals surface area contributed by atoms with Crippen molar-refractivity contribution < 1.29 is 14.3 Å². The van der Waals surface area contributed by atoms with Crippen LogP contribution in [-0.4, -0.2) is 23.5 Å². The number of pyridine rings is 1. The van der Waals surface area contributed by atoms with Gasteiger partial charge in [0.25, 0.3) is 5.91 Å². The number of nitrogens with zero attached hydrogens (tertiary/aromatic N) is 1. The van der Waals surface area contributed by atoms with Gasteiger partial charge >= 0.3 is 5.97 Å². The zero-order chi connectivity index (χ0) is 21.5. The standard InChI is InChI=1S/C21H15Cl3N2O3S/c22-15-5-7-17(8-6-15)30-12-13-1-3-14(4-2-13)21(28)29-11-19(27)26-20-18(24)9-16(23)10-25-20/h1-10H,11-12H2,(H,25,26,27). The molecule has 0 fully saturated rings. The molecule has 0 unspecified atom stereocenters. The minimum atomic E-state index is -0.600. The second-order valence-electron chi connectivity index (χ2n) is 6.05. The van der Waals surface area contributed by atoms with Crippen LogP contribution in [0.25, 0.3) is 0 Å². The molecule has 3 rings (SSSR count). The van der Waals surface area contributed by atoms with Crippen LogP contribution in [0.3, 0.4) is 0 Å². The molecule has 9 heteroatoms. The lowest BCUT2D eigenvalue weighted by molar-refractivity contribution is -0.119. The maximum Gasteiger partial charge on any atom is 0.338 e. The van der Waals surface area contributed by atoms with Gasteiger partial charge in [-0.15, -0.1) is 11.8 Å². The summed E-state index contributed by atoms with van der Waals surface area (Å²) < 4.78 is 5.04. The Labute approximate surface area is 192 Å². The Kier molecular flexibility index (Phi) is 7.99. The summed E-state index contributed by atoms with van der Waals surface area (Å²) in [5.41, 5.74) is 1.40. The second kappa shape index (κ2) is 10.7. The average Bonchev–Trinajstić information content (AvgIpc) is 2.74. The highest BCUT2D eigenvalue weighted by atomic mass is 35.5. The summed E-state index contributed by atoms with van der Waals surface area (Å²) in [5.74, 6) is -0.272. The van der Waals surface area contributed by atoms with Crippen molar-refractivity contribution in [2.24, 2.45) is 0 Å². The van der Waals surface area contributed by atoms with Crippen LogP contribution < -0.4 is 5.32 Å². The molecule has 0 spiro atoms. The number of thioether (sulfide) groups is 1. The van der Waals surface area contributed by atoms with E-state index in [9.17, 15) is 9.59 Å². The lowest BCUT2D eigenvalue weighted by Crippen LogP contribution is -2.21. The van der Waals surface area contributed by atoms with Gasteiger partial charge < -0.3 is 10.1 Å². The van der Waals surface area contributed by atoms with Crippen LogP contribution in [-0.2, 0) is 15.3 Å². The zero-order valence-electron chi connectivity index (χ0n) is 15.4. The van der Waals surface area contributed by atoms with Crippen molar-refractivity contribution in [1.82, 2.24) is 4.98 Å². The van der Waals surface area contributed by atoms with Gasteiger partial charge in [0.2, 0.25) is 0 Å². The Hall–Kier alpha value is -2.25. The zero-order valence-corrected chi connectivity index (χ0v) is 18.5. The third-order valence-electron chi connectivity index (χ3n) is 3.81. The molecule has 154 valence electrons. The van der Waals surface area contributed by atoms with Crippen molar-refractivity contribution in [3.8, 4) is 0 Å². The van der Waals surface area contributed by atoms with Gasteiger partial charge in [-0.25, -0.2) is 9.78 Å². The van der Waals surface area contributed by atoms with E-state index in [0.29, 0.717) is 15.6 Å². The molecule has 0 aliphatic heterocycles. The number of anilines is 1. The Balaban J connectivity index is 1.48. The minimum Gasteiger partial charge on any atom is -0.452 e. The monoisotopic (exact) mass is 480 g/mol. The van der Waals surface area contributed by atoms with Gasteiger partial charge in [0, 0.05) is 21.9 Å². The number of carbonyl (C=O) groups is 2. The molecule has 30 heavy (non-hydrogen) atoms. The molecule has 0 saturated carbocycles. The van der Waals surface area contributed by atoms with E-state index in [1.54, 1.807) is 23.9 Å². The fourth-order valence-corrected chi connectivity index (χ4v) is 3.73. The van der Waals surface area contributed by atoms with E-state index >= 15 is 0 Å². The quantitative estimate of drug-likeness (QED) is 0.325. The lowest BCUT2D eigenvalue weighted by atomic mass is 10.1. The van der Waals surface area contributed by atoms with E-state index in [2.05, 4.69) is 10.3 Å². The fraction of sp³-hybridized carbons (Fsp3) is 0.0952. The molecule has 2 aromatic carbocycles. The predicted molar refractivity (Wildman–Crippen MR) is 121 cm³/mol. The maximum atomic E-state index is 12.2. The van der Waals surface area contributed by atoms with Gasteiger partial charge in [0.15, 0.2) is 12.4 Å². The first-order valence-electron chi connectivity index (χ1n) is 8.66. The van der Waals surface area contributed by atoms with E-state index < -0.39 is 18.5 Å². The highest BCUT2D eigenvalue weighted by molar-refractivity contribution is 7.98. The first kappa shape index (κ1) is 22.4. The first-order chi connectivity index (χ1) is 14.4. The molecule has 0 aliphatic rings. The number of ether oxygens (including phenoxy) is 1. The molecule has 1 aromatic heterocycles. The van der Waals surface area contributed by atoms with Gasteiger partial charge in [-0.2, -0.15) is 0 Å². The highest BCUT2D eigenvalue weighted by Gasteiger charge is 2.12. The lowest BCUT2D eigenvalue weighted by Gasteiger charge is -2.08. The Bertz CT molecular complexity index is 1040. The summed E-state index contributed by atoms with van der Waals surface area (Å²) >= 11 is 19.2. The maximum absolute atomic E-state index is 12.2. The first-order valence-corrected chi connectivity index (χ1v) is 10.8. The van der Waals surface area contributed by atoms with Crippen LogP contribution in [0.1, 0.15) is 15.9 Å². The summed E-state index contributed by atoms with van der Waals surface area (Å²) in [4.78, 5) is 29.1. The molecule has 0 atom stereocenters. The van der Waals surface area contributed by atoms with Crippen LogP contribution >= 0.6 is 46.6 Å². The Morgan fingerprint density at radius 3 is 2.33 bits per heavy atom. The normalized spacial score (nSPS) is 10.5. The molecule has 1 amide bonds. The van der Waals surface area contributed by atoms with Crippen molar-refractivity contribution in [2.45, 2.75) is 10.6 Å². The van der Waals surface area contributed by atoms with Crippen molar-refractivity contribution in [1.29, 1.82) is 0 Å². The fourth-order valence-electron chi connectivity index (χ4n) is 2.32. The SMILES string of the molecule is O=C(COC(=O)c1ccc(CSc2ccc(Cl)cc2)cc1)Nc1ncc(Cl)cc1Cl. The van der Waals surface area contributed by atoms with Gasteiger partial charge in [0.05, 0.1) is 15.6 Å². The highest BCUT2D eigenvalue weighted by Crippen LogP contribution is 2.25. The molecule has 1 N–H and O–H groups in total. The smallest absolute Gasteiger partial charge is 0.338 e. The van der Waals surface area contributed by atoms with Crippen LogP contribution in [0.2, 0.25) is 15.1 Å². The van der Waals surface area contributed by atoms with E-state index in [0.717, 1.165) is 16.2 Å². The van der Waals surface area contributed by atoms with Crippen LogP contribution in [0.15, 0.2) is 65.7 Å². The van der Waals surface area contributed by atoms with Gasteiger partial charge in [-0.1, -0.05) is 46.9 Å². The molecule has 0 aliphatic carbocycles. The summed E-state index contributed by atoms with van der Waals surface area (Å²) in [6.45, 7) is -0.465. The number of nitrogens with one attached hydrogen (secondary N) is 1. The molecule has 0 radical (unpaired) electrons. The van der Waals surface area contributed by atoms with E-state index in [1.807, 2.05) is 36.4 Å². The summed E-state index contributed by atoms with van der Waals surface area (Å²) in [6.07, 6.45) is 1.35. The molecule has 3 aromatic rings. The average molecular weight is 482 g/mol. The summed E-state index contributed by atoms with van der Waals surface area (Å²) in [5, 5.41) is 3.69.